The minimum Gasteiger partial charge on any atom is -0.324 e. The van der Waals surface area contributed by atoms with Crippen molar-refractivity contribution in [2.24, 2.45) is 20.5 Å². The monoisotopic (exact) mass is 778 g/mol. The molecule has 0 saturated carbocycles. The maximum absolute atomic E-state index is 13.1. The number of nitrogens with one attached hydrogen (secondary N) is 2. The summed E-state index contributed by atoms with van der Waals surface area (Å²) in [4.78, 5) is 60.3. The van der Waals surface area contributed by atoms with E-state index in [1.807, 2.05) is 62.4 Å². The van der Waals surface area contributed by atoms with Crippen molar-refractivity contribution in [1.29, 1.82) is 0 Å². The Kier molecular flexibility index (Phi) is 11.0. The molecule has 0 bridgehead atoms. The Balaban J connectivity index is 0.941. The number of benzene rings is 5. The summed E-state index contributed by atoms with van der Waals surface area (Å²) in [6.45, 7) is 6.62. The summed E-state index contributed by atoms with van der Waals surface area (Å²) in [7, 11) is 0. The number of carbonyl (C=O) groups excluding carboxylic acids is 4. The fourth-order valence-electron chi connectivity index (χ4n) is 5.60. The average molecular weight is 779 g/mol. The van der Waals surface area contributed by atoms with Gasteiger partial charge >= 0.3 is 0 Å². The second-order valence-electron chi connectivity index (χ2n) is 13.1. The number of fused-ring (bicyclic) bond motifs is 2. The molecule has 278 valence electrons. The number of carbonyl (C=O) groups is 4. The summed E-state index contributed by atoms with van der Waals surface area (Å²) in [5.74, 6) is -2.31. The molecule has 5 aromatic carbocycles. The number of rotatable bonds is 12. The molecule has 7 rings (SSSR count). The summed E-state index contributed by atoms with van der Waals surface area (Å²) < 4.78 is 2.21. The van der Waals surface area contributed by atoms with Crippen LogP contribution in [0.4, 0.5) is 22.7 Å². The lowest BCUT2D eigenvalue weighted by Gasteiger charge is -2.12. The highest BCUT2D eigenvalue weighted by atomic mass is 32.1. The van der Waals surface area contributed by atoms with Crippen molar-refractivity contribution in [3.8, 4) is 21.1 Å². The summed E-state index contributed by atoms with van der Waals surface area (Å²) in [6, 6.07) is 30.2. The van der Waals surface area contributed by atoms with Crippen molar-refractivity contribution in [2.45, 2.75) is 39.8 Å². The van der Waals surface area contributed by atoms with Crippen LogP contribution in [0.1, 0.15) is 25.0 Å². The number of aromatic nitrogens is 2. The largest absolute Gasteiger partial charge is 0.324 e. The highest BCUT2D eigenvalue weighted by Gasteiger charge is 2.25. The number of Topliss-reactive ketones (excluding diaryl/α,β-unsaturated/α-hetero) is 2. The van der Waals surface area contributed by atoms with Crippen LogP contribution in [0.2, 0.25) is 0 Å². The van der Waals surface area contributed by atoms with Crippen molar-refractivity contribution in [1.82, 2.24) is 9.97 Å². The van der Waals surface area contributed by atoms with Gasteiger partial charge in [0, 0.05) is 22.5 Å². The Bertz CT molecular complexity index is 2480. The number of nitrogens with zero attached hydrogens (tertiary/aromatic N) is 6. The van der Waals surface area contributed by atoms with Crippen molar-refractivity contribution in [3.05, 3.63) is 120 Å². The number of thiazole rings is 2. The van der Waals surface area contributed by atoms with E-state index in [0.29, 0.717) is 22.7 Å². The van der Waals surface area contributed by atoms with E-state index in [4.69, 9.17) is 9.97 Å². The molecule has 2 amide bonds. The summed E-state index contributed by atoms with van der Waals surface area (Å²) in [5.41, 5.74) is 7.71. The molecular weight excluding hydrogens is 745 g/mol. The molecule has 14 heteroatoms. The first-order valence-electron chi connectivity index (χ1n) is 17.5. The molecule has 0 saturated heterocycles. The predicted molar refractivity (Wildman–Crippen MR) is 221 cm³/mol. The fourth-order valence-corrected chi connectivity index (χ4v) is 7.73. The predicted octanol–water partition coefficient (Wildman–Crippen LogP) is 10.2. The van der Waals surface area contributed by atoms with Gasteiger partial charge in [-0.05, 0) is 136 Å². The van der Waals surface area contributed by atoms with Gasteiger partial charge in [-0.2, -0.15) is 20.5 Å². The smallest absolute Gasteiger partial charge is 0.258 e. The molecule has 0 aliphatic heterocycles. The Morgan fingerprint density at radius 2 is 0.911 bits per heavy atom. The standard InChI is InChI=1S/C42H34N8O4S2/c1-23-5-19-33-35(21-23)55-41(45-33)27-7-11-31(12-8-27)47-49-37(25(3)51)39(53)43-29-15-17-30(18-16-29)44-40(54)38(26(4)52)50-48-32-13-9-28(10-14-32)42-46-34-20-6-24(2)22-36(34)56-42/h5-22,37-38H,1-4H3,(H,43,53)(H,44,54). The Morgan fingerprint density at radius 1 is 0.536 bits per heavy atom. The van der Waals surface area contributed by atoms with E-state index in [9.17, 15) is 19.2 Å². The van der Waals surface area contributed by atoms with E-state index >= 15 is 0 Å². The van der Waals surface area contributed by atoms with Gasteiger partial charge in [-0.25, -0.2) is 9.97 Å². The summed E-state index contributed by atoms with van der Waals surface area (Å²) >= 11 is 3.20. The van der Waals surface area contributed by atoms with Gasteiger partial charge in [-0.1, -0.05) is 12.1 Å². The zero-order chi connectivity index (χ0) is 39.3. The van der Waals surface area contributed by atoms with Gasteiger partial charge < -0.3 is 10.6 Å². The topological polar surface area (TPSA) is 168 Å². The molecule has 7 aromatic rings. The number of hydrogen-bond donors (Lipinski definition) is 2. The van der Waals surface area contributed by atoms with Gasteiger partial charge in [0.15, 0.2) is 11.6 Å². The first-order valence-corrected chi connectivity index (χ1v) is 19.1. The van der Waals surface area contributed by atoms with Crippen molar-refractivity contribution < 1.29 is 19.2 Å². The highest BCUT2D eigenvalue weighted by molar-refractivity contribution is 7.22. The Morgan fingerprint density at radius 3 is 1.27 bits per heavy atom. The first kappa shape index (κ1) is 37.7. The van der Waals surface area contributed by atoms with Gasteiger partial charge in [0.1, 0.15) is 10.0 Å². The van der Waals surface area contributed by atoms with Gasteiger partial charge in [0.2, 0.25) is 12.1 Å². The lowest BCUT2D eigenvalue weighted by molar-refractivity contribution is -0.127. The van der Waals surface area contributed by atoms with E-state index in [1.54, 1.807) is 71.2 Å². The van der Waals surface area contributed by atoms with Crippen LogP contribution in [0, 0.1) is 13.8 Å². The van der Waals surface area contributed by atoms with Gasteiger partial charge in [0.25, 0.3) is 11.8 Å². The van der Waals surface area contributed by atoms with Crippen LogP contribution < -0.4 is 10.6 Å². The first-order chi connectivity index (χ1) is 27.0. The van der Waals surface area contributed by atoms with Crippen molar-refractivity contribution >= 4 is 89.2 Å². The lowest BCUT2D eigenvalue weighted by atomic mass is 10.2. The quantitative estimate of drug-likeness (QED) is 0.0924. The maximum Gasteiger partial charge on any atom is 0.258 e. The van der Waals surface area contributed by atoms with Crippen LogP contribution >= 0.6 is 22.7 Å². The molecule has 2 unspecified atom stereocenters. The summed E-state index contributed by atoms with van der Waals surface area (Å²) in [6.07, 6.45) is 0. The molecule has 0 fully saturated rings. The van der Waals surface area contributed by atoms with Crippen LogP contribution in [0.5, 0.6) is 0 Å². The molecule has 56 heavy (non-hydrogen) atoms. The van der Waals surface area contributed by atoms with E-state index in [-0.39, 0.29) is 0 Å². The average Bonchev–Trinajstić information content (AvgIpc) is 3.80. The van der Waals surface area contributed by atoms with Gasteiger partial charge in [-0.15, -0.1) is 22.7 Å². The van der Waals surface area contributed by atoms with Crippen LogP contribution in [0.15, 0.2) is 130 Å². The molecule has 2 aromatic heterocycles. The SMILES string of the molecule is CC(=O)C(N=Nc1ccc(-c2nc3ccc(C)cc3s2)cc1)C(=O)Nc1ccc(NC(=O)C(N=Nc2ccc(-c3nc4ccc(C)cc4s3)cc2)C(C)=O)cc1. The van der Waals surface area contributed by atoms with E-state index in [0.717, 1.165) is 41.6 Å². The highest BCUT2D eigenvalue weighted by Crippen LogP contribution is 2.33. The Hall–Kier alpha value is -6.64. The number of azo groups is 2. The molecule has 0 radical (unpaired) electrons. The van der Waals surface area contributed by atoms with Crippen molar-refractivity contribution in [2.75, 3.05) is 10.6 Å². The second-order valence-corrected chi connectivity index (χ2v) is 15.1. The normalized spacial score (nSPS) is 12.6. The second kappa shape index (κ2) is 16.4. The third-order valence-electron chi connectivity index (χ3n) is 8.58. The van der Waals surface area contributed by atoms with Gasteiger partial charge in [-0.3, -0.25) is 19.2 Å². The number of ketones is 2. The lowest BCUT2D eigenvalue weighted by Crippen LogP contribution is -2.32. The fraction of sp³-hybridized carbons (Fsp3) is 0.143. The zero-order valence-electron chi connectivity index (χ0n) is 30.7. The van der Waals surface area contributed by atoms with E-state index in [2.05, 4.69) is 43.2 Å². The van der Waals surface area contributed by atoms with E-state index < -0.39 is 35.5 Å². The van der Waals surface area contributed by atoms with Crippen LogP contribution in [0.25, 0.3) is 41.6 Å². The van der Waals surface area contributed by atoms with Crippen molar-refractivity contribution in [3.63, 3.8) is 0 Å². The van der Waals surface area contributed by atoms with Crippen LogP contribution in [-0.4, -0.2) is 45.4 Å². The molecule has 2 N–H and O–H groups in total. The van der Waals surface area contributed by atoms with Gasteiger partial charge in [0.05, 0.1) is 31.8 Å². The molecule has 0 aliphatic rings. The summed E-state index contributed by atoms with van der Waals surface area (Å²) in [5, 5.41) is 23.5. The number of anilines is 2. The minimum absolute atomic E-state index is 0.358. The number of aryl methyl sites for hydroxylation is 2. The zero-order valence-corrected chi connectivity index (χ0v) is 32.3. The minimum atomic E-state index is -1.38. The molecule has 0 spiro atoms. The van der Waals surface area contributed by atoms with E-state index in [1.165, 1.54) is 25.0 Å². The molecule has 12 nitrogen and oxygen atoms in total. The molecule has 0 aliphatic carbocycles. The third-order valence-corrected chi connectivity index (χ3v) is 10.7. The van der Waals surface area contributed by atoms with Crippen LogP contribution in [-0.2, 0) is 19.2 Å². The molecular formula is C42H34N8O4S2. The number of hydrogen-bond acceptors (Lipinski definition) is 12. The third kappa shape index (κ3) is 8.83. The Labute approximate surface area is 329 Å². The number of amides is 2. The molecule has 2 heterocycles. The van der Waals surface area contributed by atoms with Crippen LogP contribution in [0.3, 0.4) is 0 Å². The molecule has 2 atom stereocenters. The maximum atomic E-state index is 13.1.